The summed E-state index contributed by atoms with van der Waals surface area (Å²) in [4.78, 5) is 63.3. The van der Waals surface area contributed by atoms with Crippen LogP contribution in [0.3, 0.4) is 0 Å². The van der Waals surface area contributed by atoms with E-state index < -0.39 is 18.0 Å². The molecular weight excluding hydrogens is 878 g/mol. The quantitative estimate of drug-likeness (QED) is 0.0380. The van der Waals surface area contributed by atoms with E-state index in [9.17, 15) is 27.6 Å². The largest absolute Gasteiger partial charge is 0.471 e. The Morgan fingerprint density at radius 2 is 1.04 bits per heavy atom. The van der Waals surface area contributed by atoms with Crippen molar-refractivity contribution in [3.8, 4) is 0 Å². The predicted molar refractivity (Wildman–Crippen MR) is 266 cm³/mol. The van der Waals surface area contributed by atoms with Gasteiger partial charge in [-0.15, -0.1) is 0 Å². The number of alkyl halides is 3. The molecule has 17 nitrogen and oxygen atoms in total. The van der Waals surface area contributed by atoms with E-state index >= 15 is 0 Å². The molecule has 0 aliphatic rings. The standard InChI is InChI=1S/C24H26F3N7O2.C22H27N7O.2CH4/c1-3-10-29-20-19(15-31-23(33-20)30-13-9-16-7-11-28-12-8-16)21(35)32-17-5-4-6-18(14-17)34(2)22(36)24(25,26)27;1-3-10-25-20-19(21(30)28-18-6-4-5-17(14-18)23-2)15-27-22(29-20)26-13-9-16-7-11-24-12-8-16;;/h4-8,11-12,14-15H,3,9-10,13H2,1-2H3,(H,32,35)(H2,29,30,31,33);4-8,11-12,14-15,23H,3,9-10,13H2,1-2H3,(H,28,30)(H2,25,26,27,29);2*1H4. The highest BCUT2D eigenvalue weighted by molar-refractivity contribution is 6.08. The zero-order valence-corrected chi connectivity index (χ0v) is 37.0. The summed E-state index contributed by atoms with van der Waals surface area (Å²) < 4.78 is 38.3. The minimum Gasteiger partial charge on any atom is -0.388 e. The average molecular weight is 939 g/mol. The Morgan fingerprint density at radius 1 is 0.603 bits per heavy atom. The number of nitrogens with zero attached hydrogens (tertiary/aromatic N) is 7. The van der Waals surface area contributed by atoms with E-state index in [4.69, 9.17) is 0 Å². The number of aromatic nitrogens is 6. The number of pyridine rings is 2. The number of hydrogen-bond donors (Lipinski definition) is 7. The predicted octanol–water partition coefficient (Wildman–Crippen LogP) is 9.04. The molecule has 0 saturated heterocycles. The molecule has 0 atom stereocenters. The summed E-state index contributed by atoms with van der Waals surface area (Å²) in [6.07, 6.45) is 8.16. The van der Waals surface area contributed by atoms with E-state index in [1.165, 1.54) is 36.0 Å². The number of carbonyl (C=O) groups is 3. The number of hydrogen-bond acceptors (Lipinski definition) is 14. The molecule has 0 unspecified atom stereocenters. The van der Waals surface area contributed by atoms with E-state index in [-0.39, 0.29) is 37.7 Å². The summed E-state index contributed by atoms with van der Waals surface area (Å²) >= 11 is 0. The van der Waals surface area contributed by atoms with Crippen molar-refractivity contribution in [3.05, 3.63) is 132 Å². The molecule has 0 radical (unpaired) electrons. The minimum atomic E-state index is -5.01. The third-order valence-electron chi connectivity index (χ3n) is 9.49. The van der Waals surface area contributed by atoms with Crippen LogP contribution >= 0.6 is 0 Å². The molecule has 20 heteroatoms. The molecule has 4 aromatic heterocycles. The zero-order chi connectivity index (χ0) is 47.3. The van der Waals surface area contributed by atoms with Crippen LogP contribution in [0.1, 0.15) is 73.4 Å². The monoisotopic (exact) mass is 939 g/mol. The second-order valence-corrected chi connectivity index (χ2v) is 14.5. The van der Waals surface area contributed by atoms with E-state index in [0.717, 1.165) is 44.0 Å². The van der Waals surface area contributed by atoms with Crippen LogP contribution in [-0.2, 0) is 17.6 Å². The Kier molecular flexibility index (Phi) is 22.1. The summed E-state index contributed by atoms with van der Waals surface area (Å²) in [7, 11) is 2.85. The van der Waals surface area contributed by atoms with Gasteiger partial charge in [0.2, 0.25) is 11.9 Å². The first-order valence-corrected chi connectivity index (χ1v) is 21.2. The van der Waals surface area contributed by atoms with Gasteiger partial charge in [-0.05, 0) is 97.5 Å². The number of amides is 3. The van der Waals surface area contributed by atoms with Gasteiger partial charge in [0.25, 0.3) is 11.8 Å². The third-order valence-corrected chi connectivity index (χ3v) is 9.49. The number of anilines is 8. The van der Waals surface area contributed by atoms with Crippen molar-refractivity contribution < 1.29 is 27.6 Å². The molecular formula is C48H61F3N14O3. The summed E-state index contributed by atoms with van der Waals surface area (Å²) in [5.41, 5.74) is 4.65. The van der Waals surface area contributed by atoms with Crippen LogP contribution in [0.2, 0.25) is 0 Å². The number of rotatable bonds is 20. The van der Waals surface area contributed by atoms with E-state index in [1.807, 2.05) is 62.5 Å². The molecule has 0 fully saturated rings. The number of carbonyl (C=O) groups excluding carboxylic acids is 3. The van der Waals surface area contributed by atoms with Crippen molar-refractivity contribution in [1.82, 2.24) is 29.9 Å². The Hall–Kier alpha value is -7.90. The molecule has 4 heterocycles. The maximum Gasteiger partial charge on any atom is 0.471 e. The van der Waals surface area contributed by atoms with Gasteiger partial charge in [-0.1, -0.05) is 40.8 Å². The Bertz CT molecular complexity index is 2500. The van der Waals surface area contributed by atoms with Crippen molar-refractivity contribution in [3.63, 3.8) is 0 Å². The average Bonchev–Trinajstić information content (AvgIpc) is 3.33. The molecule has 2 aromatic carbocycles. The maximum absolute atomic E-state index is 13.0. The van der Waals surface area contributed by atoms with Gasteiger partial charge >= 0.3 is 12.1 Å². The van der Waals surface area contributed by atoms with Crippen LogP contribution in [0.5, 0.6) is 0 Å². The van der Waals surface area contributed by atoms with Gasteiger partial charge in [-0.3, -0.25) is 24.4 Å². The molecule has 362 valence electrons. The zero-order valence-electron chi connectivity index (χ0n) is 37.0. The Morgan fingerprint density at radius 3 is 1.49 bits per heavy atom. The minimum absolute atomic E-state index is 0. The second kappa shape index (κ2) is 27.5. The van der Waals surface area contributed by atoms with Crippen LogP contribution in [0.25, 0.3) is 0 Å². The lowest BCUT2D eigenvalue weighted by molar-refractivity contribution is -0.170. The molecule has 0 aliphatic heterocycles. The Labute approximate surface area is 395 Å². The van der Waals surface area contributed by atoms with Gasteiger partial charge in [0.15, 0.2) is 0 Å². The van der Waals surface area contributed by atoms with Gasteiger partial charge in [0.1, 0.15) is 22.8 Å². The molecule has 3 amide bonds. The van der Waals surface area contributed by atoms with Crippen molar-refractivity contribution in [2.75, 3.05) is 82.4 Å². The van der Waals surface area contributed by atoms with E-state index in [2.05, 4.69) is 74.0 Å². The van der Waals surface area contributed by atoms with Crippen LogP contribution in [0.4, 0.5) is 59.5 Å². The molecule has 7 N–H and O–H groups in total. The van der Waals surface area contributed by atoms with Crippen LogP contribution in [0, 0.1) is 0 Å². The second-order valence-electron chi connectivity index (χ2n) is 14.5. The third kappa shape index (κ3) is 16.8. The topological polar surface area (TPSA) is 216 Å². The number of halogens is 3. The molecule has 6 rings (SSSR count). The van der Waals surface area contributed by atoms with Gasteiger partial charge < -0.3 is 42.1 Å². The van der Waals surface area contributed by atoms with Crippen molar-refractivity contribution in [1.29, 1.82) is 0 Å². The number of benzene rings is 2. The molecule has 0 spiro atoms. The first kappa shape index (κ1) is 54.4. The van der Waals surface area contributed by atoms with E-state index in [1.54, 1.807) is 31.0 Å². The van der Waals surface area contributed by atoms with Crippen LogP contribution < -0.4 is 42.1 Å². The lowest BCUT2D eigenvalue weighted by Gasteiger charge is -2.19. The van der Waals surface area contributed by atoms with Crippen molar-refractivity contribution >= 4 is 64.0 Å². The first-order chi connectivity index (χ1) is 31.9. The normalized spacial score (nSPS) is 10.4. The van der Waals surface area contributed by atoms with Gasteiger partial charge in [-0.25, -0.2) is 9.97 Å². The van der Waals surface area contributed by atoms with Crippen LogP contribution in [-0.4, -0.2) is 94.1 Å². The number of nitrogens with one attached hydrogen (secondary N) is 7. The lowest BCUT2D eigenvalue weighted by Crippen LogP contribution is -2.38. The van der Waals surface area contributed by atoms with Crippen molar-refractivity contribution in [2.45, 2.75) is 60.6 Å². The van der Waals surface area contributed by atoms with Gasteiger partial charge in [0.05, 0.1) is 0 Å². The smallest absolute Gasteiger partial charge is 0.388 e. The molecule has 0 aliphatic carbocycles. The maximum atomic E-state index is 13.0. The summed E-state index contributed by atoms with van der Waals surface area (Å²) in [6.45, 7) is 6.55. The van der Waals surface area contributed by atoms with Crippen molar-refractivity contribution in [2.24, 2.45) is 0 Å². The molecule has 0 saturated carbocycles. The molecule has 6 aromatic rings. The van der Waals surface area contributed by atoms with E-state index in [0.29, 0.717) is 65.9 Å². The Balaban J connectivity index is 0.000000355. The van der Waals surface area contributed by atoms with Crippen LogP contribution in [0.15, 0.2) is 110 Å². The SMILES string of the molecule is C.C.CCCNc1nc(NCCc2ccncc2)ncc1C(=O)Nc1cccc(N(C)C(=O)C(F)(F)F)c1.CCCNc1nc(NCCc2ccncc2)ncc1C(=O)Nc1cccc(NC)c1. The lowest BCUT2D eigenvalue weighted by atomic mass is 10.2. The summed E-state index contributed by atoms with van der Waals surface area (Å²) in [6, 6.07) is 20.9. The fraction of sp³-hybridized carbons (Fsp3) is 0.312. The fourth-order valence-corrected chi connectivity index (χ4v) is 6.01. The highest BCUT2D eigenvalue weighted by Gasteiger charge is 2.41. The van der Waals surface area contributed by atoms with Gasteiger partial charge in [0, 0.05) is 100 Å². The summed E-state index contributed by atoms with van der Waals surface area (Å²) in [5, 5.41) is 21.3. The highest BCUT2D eigenvalue weighted by atomic mass is 19.4. The first-order valence-electron chi connectivity index (χ1n) is 21.2. The molecule has 68 heavy (non-hydrogen) atoms. The molecule has 0 bridgehead atoms. The van der Waals surface area contributed by atoms with Gasteiger partial charge in [-0.2, -0.15) is 23.1 Å². The fourth-order valence-electron chi connectivity index (χ4n) is 6.01. The highest BCUT2D eigenvalue weighted by Crippen LogP contribution is 2.26. The summed E-state index contributed by atoms with van der Waals surface area (Å²) in [5.74, 6) is -1.18.